The van der Waals surface area contributed by atoms with Gasteiger partial charge in [-0.05, 0) is 43.3 Å². The van der Waals surface area contributed by atoms with E-state index in [0.717, 1.165) is 15.9 Å². The molecule has 1 atom stereocenters. The lowest BCUT2D eigenvalue weighted by Crippen LogP contribution is -2.37. The maximum atomic E-state index is 12.5. The van der Waals surface area contributed by atoms with Crippen LogP contribution in [-0.4, -0.2) is 18.7 Å². The summed E-state index contributed by atoms with van der Waals surface area (Å²) < 4.78 is 5.20. The molecule has 28 heavy (non-hydrogen) atoms. The molecular weight excluding hydrogens is 365 g/mol. The lowest BCUT2D eigenvalue weighted by atomic mass is 10.2. The van der Waals surface area contributed by atoms with Crippen molar-refractivity contribution >= 4 is 29.1 Å². The molecule has 0 amide bonds. The van der Waals surface area contributed by atoms with Gasteiger partial charge in [0.1, 0.15) is 29.3 Å². The molecule has 0 heterocycles. The number of esters is 1. The lowest BCUT2D eigenvalue weighted by molar-refractivity contribution is -0.145. The van der Waals surface area contributed by atoms with Crippen molar-refractivity contribution < 1.29 is 9.53 Å². The predicted octanol–water partition coefficient (Wildman–Crippen LogP) is 3.68. The molecule has 0 fully saturated rings. The van der Waals surface area contributed by atoms with Crippen molar-refractivity contribution in [2.24, 2.45) is 5.92 Å². The number of carbonyl (C=O) groups excluding carboxylic acids is 1. The SMILES string of the molecule is CCOC(=O)C(C#N)C[P+](c1ccccc1)(c1ccccc1)c1ccccc1. The first-order chi connectivity index (χ1) is 13.7. The monoisotopic (exact) mass is 388 g/mol. The highest BCUT2D eigenvalue weighted by atomic mass is 31.2. The third kappa shape index (κ3) is 3.98. The molecule has 0 radical (unpaired) electrons. The summed E-state index contributed by atoms with van der Waals surface area (Å²) in [6.07, 6.45) is 0.417. The summed E-state index contributed by atoms with van der Waals surface area (Å²) in [6, 6.07) is 32.9. The Balaban J connectivity index is 2.25. The van der Waals surface area contributed by atoms with Crippen molar-refractivity contribution in [2.45, 2.75) is 6.92 Å². The predicted molar refractivity (Wildman–Crippen MR) is 116 cm³/mol. The number of benzene rings is 3. The molecule has 3 aromatic carbocycles. The fourth-order valence-electron chi connectivity index (χ4n) is 3.50. The zero-order valence-corrected chi connectivity index (χ0v) is 16.8. The molecule has 0 aliphatic rings. The molecule has 0 spiro atoms. The van der Waals surface area contributed by atoms with Crippen LogP contribution in [0.4, 0.5) is 0 Å². The third-order valence-electron chi connectivity index (χ3n) is 4.77. The molecule has 0 aromatic heterocycles. The summed E-state index contributed by atoms with van der Waals surface area (Å²) in [5, 5.41) is 13.2. The Hall–Kier alpha value is -2.95. The summed E-state index contributed by atoms with van der Waals surface area (Å²) in [5.41, 5.74) is 0. The van der Waals surface area contributed by atoms with E-state index in [-0.39, 0.29) is 6.61 Å². The highest BCUT2D eigenvalue weighted by molar-refractivity contribution is 7.95. The number of hydrogen-bond acceptors (Lipinski definition) is 3. The van der Waals surface area contributed by atoms with Gasteiger partial charge in [0.05, 0.1) is 12.7 Å². The molecule has 0 saturated carbocycles. The van der Waals surface area contributed by atoms with Crippen molar-refractivity contribution in [1.82, 2.24) is 0 Å². The van der Waals surface area contributed by atoms with Crippen LogP contribution >= 0.6 is 7.26 Å². The number of ether oxygens (including phenoxy) is 1. The number of carbonyl (C=O) groups is 1. The van der Waals surface area contributed by atoms with Gasteiger partial charge < -0.3 is 4.74 Å². The van der Waals surface area contributed by atoms with Crippen molar-refractivity contribution in [3.8, 4) is 6.07 Å². The van der Waals surface area contributed by atoms with E-state index in [1.165, 1.54) is 0 Å². The summed E-state index contributed by atoms with van der Waals surface area (Å²) in [4.78, 5) is 12.5. The molecule has 140 valence electrons. The Kier molecular flexibility index (Phi) is 6.58. The number of rotatable bonds is 7. The van der Waals surface area contributed by atoms with Crippen molar-refractivity contribution in [1.29, 1.82) is 5.26 Å². The average Bonchev–Trinajstić information content (AvgIpc) is 2.77. The van der Waals surface area contributed by atoms with Crippen LogP contribution in [-0.2, 0) is 9.53 Å². The lowest BCUT2D eigenvalue weighted by Gasteiger charge is -2.28. The summed E-state index contributed by atoms with van der Waals surface area (Å²) in [6.45, 7) is 2.03. The highest BCUT2D eigenvalue weighted by Gasteiger charge is 2.48. The van der Waals surface area contributed by atoms with E-state index in [1.807, 2.05) is 54.6 Å². The van der Waals surface area contributed by atoms with Gasteiger partial charge in [0.2, 0.25) is 0 Å². The molecule has 0 N–H and O–H groups in total. The van der Waals surface area contributed by atoms with Crippen LogP contribution in [0.25, 0.3) is 0 Å². The van der Waals surface area contributed by atoms with Crippen LogP contribution < -0.4 is 15.9 Å². The summed E-state index contributed by atoms with van der Waals surface area (Å²) >= 11 is 0. The van der Waals surface area contributed by atoms with Crippen LogP contribution in [0.15, 0.2) is 91.0 Å². The van der Waals surface area contributed by atoms with Crippen LogP contribution in [0.5, 0.6) is 0 Å². The number of hydrogen-bond donors (Lipinski definition) is 0. The quantitative estimate of drug-likeness (QED) is 0.458. The normalized spacial score (nSPS) is 12.0. The van der Waals surface area contributed by atoms with E-state index in [9.17, 15) is 10.1 Å². The van der Waals surface area contributed by atoms with Gasteiger partial charge in [0, 0.05) is 0 Å². The number of nitriles is 1. The van der Waals surface area contributed by atoms with Crippen LogP contribution in [0, 0.1) is 17.2 Å². The Morgan fingerprint density at radius 1 is 0.857 bits per heavy atom. The van der Waals surface area contributed by atoms with Gasteiger partial charge in [0.25, 0.3) is 0 Å². The maximum absolute atomic E-state index is 12.5. The van der Waals surface area contributed by atoms with E-state index in [1.54, 1.807) is 6.92 Å². The van der Waals surface area contributed by atoms with Crippen molar-refractivity contribution in [3.05, 3.63) is 91.0 Å². The van der Waals surface area contributed by atoms with E-state index in [4.69, 9.17) is 4.74 Å². The van der Waals surface area contributed by atoms with Crippen LogP contribution in [0.3, 0.4) is 0 Å². The van der Waals surface area contributed by atoms with E-state index in [0.29, 0.717) is 6.16 Å². The Labute approximate surface area is 166 Å². The molecule has 0 bridgehead atoms. The van der Waals surface area contributed by atoms with Gasteiger partial charge in [-0.3, -0.25) is 4.79 Å². The second-order valence-corrected chi connectivity index (χ2v) is 9.97. The minimum atomic E-state index is -2.23. The maximum Gasteiger partial charge on any atom is 0.327 e. The zero-order chi connectivity index (χ0) is 19.8. The highest BCUT2D eigenvalue weighted by Crippen LogP contribution is 2.56. The first kappa shape index (κ1) is 19.8. The zero-order valence-electron chi connectivity index (χ0n) is 15.9. The Morgan fingerprint density at radius 3 is 1.57 bits per heavy atom. The molecule has 1 unspecified atom stereocenters. The molecule has 0 aliphatic carbocycles. The van der Waals surface area contributed by atoms with Crippen molar-refractivity contribution in [3.63, 3.8) is 0 Å². The van der Waals surface area contributed by atoms with Gasteiger partial charge in [-0.1, -0.05) is 54.6 Å². The third-order valence-corrected chi connectivity index (χ3v) is 9.23. The number of nitrogens with zero attached hydrogens (tertiary/aromatic N) is 1. The molecular formula is C24H23NO2P+. The van der Waals surface area contributed by atoms with E-state index >= 15 is 0 Å². The van der Waals surface area contributed by atoms with Gasteiger partial charge >= 0.3 is 5.97 Å². The van der Waals surface area contributed by atoms with Crippen LogP contribution in [0.2, 0.25) is 0 Å². The molecule has 3 nitrogen and oxygen atoms in total. The Morgan fingerprint density at radius 2 is 1.25 bits per heavy atom. The fourth-order valence-corrected chi connectivity index (χ4v) is 7.84. The molecule has 4 heteroatoms. The van der Waals surface area contributed by atoms with Gasteiger partial charge in [0.15, 0.2) is 5.92 Å². The summed E-state index contributed by atoms with van der Waals surface area (Å²) in [5.74, 6) is -1.27. The topological polar surface area (TPSA) is 50.1 Å². The minimum absolute atomic E-state index is 0.268. The summed E-state index contributed by atoms with van der Waals surface area (Å²) in [7, 11) is -2.23. The fraction of sp³-hybridized carbons (Fsp3) is 0.167. The van der Waals surface area contributed by atoms with Gasteiger partial charge in [-0.15, -0.1) is 0 Å². The van der Waals surface area contributed by atoms with Crippen molar-refractivity contribution in [2.75, 3.05) is 12.8 Å². The van der Waals surface area contributed by atoms with Gasteiger partial charge in [-0.2, -0.15) is 5.26 Å². The molecule has 0 saturated heterocycles. The van der Waals surface area contributed by atoms with E-state index in [2.05, 4.69) is 42.5 Å². The first-order valence-corrected chi connectivity index (χ1v) is 11.3. The molecule has 3 rings (SSSR count). The largest absolute Gasteiger partial charge is 0.465 e. The second-order valence-electron chi connectivity index (χ2n) is 6.43. The second kappa shape index (κ2) is 9.31. The average molecular weight is 388 g/mol. The van der Waals surface area contributed by atoms with Gasteiger partial charge in [-0.25, -0.2) is 0 Å². The first-order valence-electron chi connectivity index (χ1n) is 9.33. The molecule has 3 aromatic rings. The minimum Gasteiger partial charge on any atom is -0.465 e. The van der Waals surface area contributed by atoms with E-state index < -0.39 is 19.1 Å². The Bertz CT molecular complexity index is 840. The molecule has 0 aliphatic heterocycles. The smallest absolute Gasteiger partial charge is 0.327 e. The standard InChI is InChI=1S/C24H23NO2P/c1-2-27-24(26)20(18-25)19-28(21-12-6-3-7-13-21,22-14-8-4-9-15-22)23-16-10-5-11-17-23/h3-17,20H,2,19H2,1H3/q+1. The van der Waals surface area contributed by atoms with Crippen LogP contribution in [0.1, 0.15) is 6.92 Å².